The minimum Gasteiger partial charge on any atom is -0.337 e. The third kappa shape index (κ3) is 4.49. The molecule has 3 aromatic heterocycles. The lowest BCUT2D eigenvalue weighted by Gasteiger charge is -2.25. The quantitative estimate of drug-likeness (QED) is 0.613. The number of likely N-dealkylation sites (tertiary alicyclic amines) is 1. The first-order valence-corrected chi connectivity index (χ1v) is 10.8. The highest BCUT2D eigenvalue weighted by molar-refractivity contribution is 6.30. The van der Waals surface area contributed by atoms with Gasteiger partial charge in [-0.05, 0) is 38.9 Å². The standard InChI is InChI=1S/C21H27ClN6O2/c1-15-17(25-30-24-15)13-26(2)14-18-20(23-19-9-8-16(22)12-28(18)19)21(29)27-10-6-4-3-5-7-11-27/h8-9,12H,3-7,10-11,13-14H2,1-2H3. The van der Waals surface area contributed by atoms with Crippen LogP contribution in [-0.4, -0.2) is 55.5 Å². The molecule has 0 unspecified atom stereocenters. The fourth-order valence-electron chi connectivity index (χ4n) is 3.95. The van der Waals surface area contributed by atoms with Gasteiger partial charge in [0.15, 0.2) is 5.69 Å². The number of hydrogen-bond acceptors (Lipinski definition) is 6. The lowest BCUT2D eigenvalue weighted by atomic mass is 10.1. The van der Waals surface area contributed by atoms with Crippen LogP contribution in [0.1, 0.15) is 59.7 Å². The topological polar surface area (TPSA) is 79.8 Å². The molecule has 1 aliphatic rings. The zero-order valence-corrected chi connectivity index (χ0v) is 18.2. The Labute approximate surface area is 180 Å². The molecule has 4 rings (SSSR count). The Morgan fingerprint density at radius 2 is 1.87 bits per heavy atom. The molecule has 1 amide bonds. The second-order valence-electron chi connectivity index (χ2n) is 8.01. The number of imidazole rings is 1. The molecular weight excluding hydrogens is 404 g/mol. The number of aryl methyl sites for hydroxylation is 1. The first-order valence-electron chi connectivity index (χ1n) is 10.5. The van der Waals surface area contributed by atoms with Crippen molar-refractivity contribution >= 4 is 23.2 Å². The van der Waals surface area contributed by atoms with Gasteiger partial charge in [-0.15, -0.1) is 0 Å². The number of aromatic nitrogens is 4. The largest absolute Gasteiger partial charge is 0.337 e. The molecule has 0 aliphatic carbocycles. The minimum atomic E-state index is -0.000550. The number of hydrogen-bond donors (Lipinski definition) is 0. The molecule has 0 bridgehead atoms. The summed E-state index contributed by atoms with van der Waals surface area (Å²) in [5, 5.41) is 8.41. The summed E-state index contributed by atoms with van der Waals surface area (Å²) in [7, 11) is 1.97. The maximum absolute atomic E-state index is 13.5. The highest BCUT2D eigenvalue weighted by Crippen LogP contribution is 2.22. The number of carbonyl (C=O) groups excluding carboxylic acids is 1. The fraction of sp³-hybridized carbons (Fsp3) is 0.524. The van der Waals surface area contributed by atoms with Crippen molar-refractivity contribution in [2.24, 2.45) is 0 Å². The lowest BCUT2D eigenvalue weighted by molar-refractivity contribution is 0.0735. The first-order chi connectivity index (χ1) is 14.5. The Hall–Kier alpha value is -2.45. The van der Waals surface area contributed by atoms with E-state index in [0.717, 1.165) is 48.7 Å². The normalized spacial score (nSPS) is 15.5. The van der Waals surface area contributed by atoms with E-state index in [9.17, 15) is 4.79 Å². The van der Waals surface area contributed by atoms with Crippen LogP contribution in [0.15, 0.2) is 23.0 Å². The van der Waals surface area contributed by atoms with E-state index in [-0.39, 0.29) is 5.91 Å². The molecule has 0 atom stereocenters. The predicted octanol–water partition coefficient (Wildman–Crippen LogP) is 3.72. The van der Waals surface area contributed by atoms with Gasteiger partial charge in [0.25, 0.3) is 5.91 Å². The van der Waals surface area contributed by atoms with E-state index < -0.39 is 0 Å². The van der Waals surface area contributed by atoms with Crippen molar-refractivity contribution in [2.45, 2.75) is 52.1 Å². The van der Waals surface area contributed by atoms with Crippen molar-refractivity contribution in [3.8, 4) is 0 Å². The molecule has 0 saturated carbocycles. The Balaban J connectivity index is 1.65. The highest BCUT2D eigenvalue weighted by Gasteiger charge is 2.25. The first kappa shape index (κ1) is 20.8. The van der Waals surface area contributed by atoms with Crippen LogP contribution < -0.4 is 0 Å². The van der Waals surface area contributed by atoms with Gasteiger partial charge in [-0.1, -0.05) is 41.2 Å². The van der Waals surface area contributed by atoms with Crippen molar-refractivity contribution in [3.05, 3.63) is 46.1 Å². The van der Waals surface area contributed by atoms with Gasteiger partial charge in [0.2, 0.25) is 0 Å². The van der Waals surface area contributed by atoms with E-state index in [1.54, 1.807) is 6.07 Å². The van der Waals surface area contributed by atoms with Crippen molar-refractivity contribution < 1.29 is 9.42 Å². The summed E-state index contributed by atoms with van der Waals surface area (Å²) in [4.78, 5) is 22.2. The molecule has 1 saturated heterocycles. The number of pyridine rings is 1. The maximum Gasteiger partial charge on any atom is 0.274 e. The van der Waals surface area contributed by atoms with Crippen LogP contribution in [0.4, 0.5) is 0 Å². The maximum atomic E-state index is 13.5. The summed E-state index contributed by atoms with van der Waals surface area (Å²) in [5.41, 5.74) is 3.59. The smallest absolute Gasteiger partial charge is 0.274 e. The molecule has 3 aromatic rings. The van der Waals surface area contributed by atoms with Gasteiger partial charge in [-0.3, -0.25) is 9.69 Å². The lowest BCUT2D eigenvalue weighted by Crippen LogP contribution is -2.35. The SMILES string of the molecule is Cc1nonc1CN(C)Cc1c(C(=O)N2CCCCCCC2)nc2ccc(Cl)cn12. The van der Waals surface area contributed by atoms with Gasteiger partial charge in [-0.25, -0.2) is 9.61 Å². The minimum absolute atomic E-state index is 0.000550. The molecule has 0 spiro atoms. The monoisotopic (exact) mass is 430 g/mol. The number of nitrogens with zero attached hydrogens (tertiary/aromatic N) is 6. The Bertz CT molecular complexity index is 1020. The zero-order valence-electron chi connectivity index (χ0n) is 17.5. The van der Waals surface area contributed by atoms with Crippen LogP contribution in [-0.2, 0) is 13.1 Å². The summed E-state index contributed by atoms with van der Waals surface area (Å²) in [5.74, 6) is -0.000550. The summed E-state index contributed by atoms with van der Waals surface area (Å²) < 4.78 is 6.73. The average molecular weight is 431 g/mol. The van der Waals surface area contributed by atoms with Crippen molar-refractivity contribution in [3.63, 3.8) is 0 Å². The number of amides is 1. The van der Waals surface area contributed by atoms with E-state index in [1.165, 1.54) is 19.3 Å². The molecule has 1 fully saturated rings. The zero-order chi connectivity index (χ0) is 21.1. The van der Waals surface area contributed by atoms with Crippen LogP contribution in [0.25, 0.3) is 5.65 Å². The van der Waals surface area contributed by atoms with Crippen LogP contribution >= 0.6 is 11.6 Å². The van der Waals surface area contributed by atoms with Crippen LogP contribution in [0, 0.1) is 6.92 Å². The van der Waals surface area contributed by atoms with Gasteiger partial charge in [0.05, 0.1) is 10.7 Å². The summed E-state index contributed by atoms with van der Waals surface area (Å²) in [6.45, 7) is 4.51. The summed E-state index contributed by atoms with van der Waals surface area (Å²) in [6.07, 6.45) is 7.50. The van der Waals surface area contributed by atoms with Gasteiger partial charge in [-0.2, -0.15) is 0 Å². The van der Waals surface area contributed by atoms with Gasteiger partial charge in [0.1, 0.15) is 17.0 Å². The number of halogens is 1. The molecule has 9 heteroatoms. The molecule has 4 heterocycles. The van der Waals surface area contributed by atoms with E-state index in [0.29, 0.717) is 23.8 Å². The molecule has 0 N–H and O–H groups in total. The Kier molecular flexibility index (Phi) is 6.34. The summed E-state index contributed by atoms with van der Waals surface area (Å²) >= 11 is 6.25. The van der Waals surface area contributed by atoms with Crippen molar-refractivity contribution in [1.29, 1.82) is 0 Å². The van der Waals surface area contributed by atoms with Crippen LogP contribution in [0.3, 0.4) is 0 Å². The number of fused-ring (bicyclic) bond motifs is 1. The van der Waals surface area contributed by atoms with Gasteiger partial charge in [0, 0.05) is 32.4 Å². The van der Waals surface area contributed by atoms with E-state index >= 15 is 0 Å². The highest BCUT2D eigenvalue weighted by atomic mass is 35.5. The van der Waals surface area contributed by atoms with Crippen molar-refractivity contribution in [1.82, 2.24) is 29.5 Å². The van der Waals surface area contributed by atoms with Crippen LogP contribution in [0.5, 0.6) is 0 Å². The van der Waals surface area contributed by atoms with Crippen LogP contribution in [0.2, 0.25) is 5.02 Å². The molecule has 0 aromatic carbocycles. The average Bonchev–Trinajstić information content (AvgIpc) is 3.25. The number of rotatable bonds is 5. The van der Waals surface area contributed by atoms with Gasteiger partial charge < -0.3 is 9.30 Å². The Morgan fingerprint density at radius 1 is 1.13 bits per heavy atom. The third-order valence-electron chi connectivity index (χ3n) is 5.61. The fourth-order valence-corrected chi connectivity index (χ4v) is 4.11. The molecule has 1 aliphatic heterocycles. The van der Waals surface area contributed by atoms with Gasteiger partial charge >= 0.3 is 0 Å². The molecule has 160 valence electrons. The second-order valence-corrected chi connectivity index (χ2v) is 8.45. The third-order valence-corrected chi connectivity index (χ3v) is 5.84. The molecular formula is C21H27ClN6O2. The summed E-state index contributed by atoms with van der Waals surface area (Å²) in [6, 6.07) is 3.65. The molecule has 30 heavy (non-hydrogen) atoms. The van der Waals surface area contributed by atoms with Crippen molar-refractivity contribution in [2.75, 3.05) is 20.1 Å². The number of carbonyl (C=O) groups is 1. The van der Waals surface area contributed by atoms with E-state index in [2.05, 4.69) is 15.2 Å². The van der Waals surface area contributed by atoms with E-state index in [1.807, 2.05) is 35.5 Å². The Morgan fingerprint density at radius 3 is 2.57 bits per heavy atom. The second kappa shape index (κ2) is 9.14. The predicted molar refractivity (Wildman–Crippen MR) is 113 cm³/mol. The molecule has 8 nitrogen and oxygen atoms in total. The molecule has 0 radical (unpaired) electrons. The van der Waals surface area contributed by atoms with E-state index in [4.69, 9.17) is 21.2 Å².